The van der Waals surface area contributed by atoms with Gasteiger partial charge in [-0.1, -0.05) is 5.16 Å². The van der Waals surface area contributed by atoms with Crippen molar-refractivity contribution in [2.45, 2.75) is 38.5 Å². The van der Waals surface area contributed by atoms with Crippen molar-refractivity contribution in [1.82, 2.24) is 10.1 Å². The van der Waals surface area contributed by atoms with Gasteiger partial charge in [-0.2, -0.15) is 5.26 Å². The number of pyridine rings is 1. The van der Waals surface area contributed by atoms with Crippen molar-refractivity contribution in [1.29, 1.82) is 5.26 Å². The molecule has 0 fully saturated rings. The van der Waals surface area contributed by atoms with E-state index in [1.807, 2.05) is 33.8 Å². The van der Waals surface area contributed by atoms with E-state index in [-0.39, 0.29) is 0 Å². The van der Waals surface area contributed by atoms with Crippen LogP contribution in [0.15, 0.2) is 15.6 Å². The number of hydrogen-bond donors (Lipinski definition) is 0. The van der Waals surface area contributed by atoms with Gasteiger partial charge in [-0.05, 0) is 39.3 Å². The summed E-state index contributed by atoms with van der Waals surface area (Å²) in [6, 6.07) is 4.16. The largest absolute Gasteiger partial charge is 0.361 e. The molecule has 5 heteroatoms. The van der Waals surface area contributed by atoms with E-state index in [4.69, 9.17) is 4.52 Å². The Hall–Kier alpha value is -1.80. The van der Waals surface area contributed by atoms with Gasteiger partial charge in [-0.25, -0.2) is 4.98 Å². The molecule has 0 aromatic carbocycles. The van der Waals surface area contributed by atoms with Gasteiger partial charge in [0, 0.05) is 17.0 Å². The van der Waals surface area contributed by atoms with Crippen LogP contribution in [0.5, 0.6) is 0 Å². The van der Waals surface area contributed by atoms with Gasteiger partial charge >= 0.3 is 0 Å². The molecule has 0 radical (unpaired) electrons. The van der Waals surface area contributed by atoms with E-state index in [9.17, 15) is 5.26 Å². The fraction of sp³-hybridized carbons (Fsp3) is 0.357. The predicted octanol–water partition coefficient (Wildman–Crippen LogP) is 3.47. The van der Waals surface area contributed by atoms with Gasteiger partial charge in [0.05, 0.1) is 11.3 Å². The van der Waals surface area contributed by atoms with Crippen molar-refractivity contribution < 1.29 is 4.52 Å². The highest BCUT2D eigenvalue weighted by Gasteiger charge is 2.13. The van der Waals surface area contributed by atoms with Crippen LogP contribution < -0.4 is 0 Å². The molecule has 19 heavy (non-hydrogen) atoms. The topological polar surface area (TPSA) is 62.7 Å². The zero-order chi connectivity index (χ0) is 14.0. The second-order valence-corrected chi connectivity index (χ2v) is 5.43. The van der Waals surface area contributed by atoms with Gasteiger partial charge in [0.1, 0.15) is 16.9 Å². The number of nitrogens with zero attached hydrogens (tertiary/aromatic N) is 3. The third-order valence-electron chi connectivity index (χ3n) is 2.96. The lowest BCUT2D eigenvalue weighted by atomic mass is 10.1. The first kappa shape index (κ1) is 13.6. The quantitative estimate of drug-likeness (QED) is 0.801. The Morgan fingerprint density at radius 1 is 1.32 bits per heavy atom. The average molecular weight is 273 g/mol. The molecule has 0 amide bonds. The molecule has 98 valence electrons. The van der Waals surface area contributed by atoms with Gasteiger partial charge in [0.2, 0.25) is 0 Å². The van der Waals surface area contributed by atoms with Crippen molar-refractivity contribution in [3.8, 4) is 6.07 Å². The van der Waals surface area contributed by atoms with E-state index in [0.717, 1.165) is 33.3 Å². The minimum absolute atomic E-state index is 0.655. The van der Waals surface area contributed by atoms with Crippen LogP contribution in [0.1, 0.15) is 33.8 Å². The first-order valence-corrected chi connectivity index (χ1v) is 6.94. The second kappa shape index (κ2) is 5.45. The summed E-state index contributed by atoms with van der Waals surface area (Å²) in [6.45, 7) is 7.70. The van der Waals surface area contributed by atoms with Crippen molar-refractivity contribution in [2.24, 2.45) is 0 Å². The number of aryl methyl sites for hydroxylation is 4. The minimum atomic E-state index is 0.655. The standard InChI is InChI=1S/C14H15N3OS/c1-8-5-9(2)16-14(12(8)6-15)19-7-13-10(3)17-18-11(13)4/h5H,7H2,1-4H3. The Morgan fingerprint density at radius 3 is 2.63 bits per heavy atom. The molecule has 0 N–H and O–H groups in total. The third kappa shape index (κ3) is 2.79. The maximum absolute atomic E-state index is 9.22. The summed E-state index contributed by atoms with van der Waals surface area (Å²) in [6.07, 6.45) is 0. The molecule has 0 aliphatic carbocycles. The summed E-state index contributed by atoms with van der Waals surface area (Å²) in [5.41, 5.74) is 4.53. The van der Waals surface area contributed by atoms with Gasteiger partial charge in [0.15, 0.2) is 0 Å². The van der Waals surface area contributed by atoms with E-state index in [0.29, 0.717) is 11.3 Å². The van der Waals surface area contributed by atoms with Crippen LogP contribution in [-0.2, 0) is 5.75 Å². The zero-order valence-electron chi connectivity index (χ0n) is 11.4. The van der Waals surface area contributed by atoms with Crippen molar-refractivity contribution in [3.63, 3.8) is 0 Å². The van der Waals surface area contributed by atoms with Crippen LogP contribution in [0.3, 0.4) is 0 Å². The number of hydrogen-bond acceptors (Lipinski definition) is 5. The molecule has 0 saturated carbocycles. The van der Waals surface area contributed by atoms with Gasteiger partial charge in [0.25, 0.3) is 0 Å². The van der Waals surface area contributed by atoms with E-state index in [1.165, 1.54) is 0 Å². The summed E-state index contributed by atoms with van der Waals surface area (Å²) in [5, 5.41) is 13.9. The molecule has 0 spiro atoms. The highest BCUT2D eigenvalue weighted by Crippen LogP contribution is 2.28. The summed E-state index contributed by atoms with van der Waals surface area (Å²) in [5.74, 6) is 1.54. The van der Waals surface area contributed by atoms with Gasteiger partial charge < -0.3 is 4.52 Å². The summed E-state index contributed by atoms with van der Waals surface area (Å²) in [7, 11) is 0. The second-order valence-electron chi connectivity index (χ2n) is 4.46. The fourth-order valence-electron chi connectivity index (χ4n) is 1.89. The number of nitriles is 1. The lowest BCUT2D eigenvalue weighted by Gasteiger charge is -2.07. The maximum atomic E-state index is 9.22. The normalized spacial score (nSPS) is 10.5. The average Bonchev–Trinajstić information content (AvgIpc) is 2.66. The molecular weight excluding hydrogens is 258 g/mol. The molecule has 0 unspecified atom stereocenters. The smallest absolute Gasteiger partial charge is 0.137 e. The molecule has 0 aliphatic heterocycles. The fourth-order valence-corrected chi connectivity index (χ4v) is 3.14. The van der Waals surface area contributed by atoms with E-state index < -0.39 is 0 Å². The number of rotatable bonds is 3. The third-order valence-corrected chi connectivity index (χ3v) is 3.96. The van der Waals surface area contributed by atoms with Crippen LogP contribution in [0, 0.1) is 39.0 Å². The summed E-state index contributed by atoms with van der Waals surface area (Å²) < 4.78 is 5.14. The molecular formula is C14H15N3OS. The first-order valence-electron chi connectivity index (χ1n) is 5.95. The number of aromatic nitrogens is 2. The number of thioether (sulfide) groups is 1. The Bertz CT molecular complexity index is 636. The monoisotopic (exact) mass is 273 g/mol. The molecule has 2 heterocycles. The van der Waals surface area contributed by atoms with Crippen LogP contribution in [0.4, 0.5) is 0 Å². The van der Waals surface area contributed by atoms with Crippen LogP contribution in [0.25, 0.3) is 0 Å². The molecule has 2 aromatic rings. The van der Waals surface area contributed by atoms with E-state index >= 15 is 0 Å². The maximum Gasteiger partial charge on any atom is 0.137 e. The summed E-state index contributed by atoms with van der Waals surface area (Å²) >= 11 is 1.55. The Balaban J connectivity index is 2.28. The highest BCUT2D eigenvalue weighted by atomic mass is 32.2. The first-order chi connectivity index (χ1) is 9.02. The molecule has 0 bridgehead atoms. The lowest BCUT2D eigenvalue weighted by molar-refractivity contribution is 0.392. The Kier molecular flexibility index (Phi) is 3.91. The molecule has 4 nitrogen and oxygen atoms in total. The van der Waals surface area contributed by atoms with Crippen molar-refractivity contribution >= 4 is 11.8 Å². The van der Waals surface area contributed by atoms with Crippen molar-refractivity contribution in [2.75, 3.05) is 0 Å². The van der Waals surface area contributed by atoms with Crippen LogP contribution in [0.2, 0.25) is 0 Å². The molecule has 2 rings (SSSR count). The van der Waals surface area contributed by atoms with Gasteiger partial charge in [-0.15, -0.1) is 11.8 Å². The molecule has 2 aromatic heterocycles. The zero-order valence-corrected chi connectivity index (χ0v) is 12.3. The highest BCUT2D eigenvalue weighted by molar-refractivity contribution is 7.98. The molecule has 0 atom stereocenters. The Morgan fingerprint density at radius 2 is 2.05 bits per heavy atom. The summed E-state index contributed by atoms with van der Waals surface area (Å²) in [4.78, 5) is 4.45. The predicted molar refractivity (Wildman–Crippen MR) is 74.0 cm³/mol. The Labute approximate surface area is 116 Å². The SMILES string of the molecule is Cc1cc(C)c(C#N)c(SCc2c(C)noc2C)n1. The van der Waals surface area contributed by atoms with E-state index in [1.54, 1.807) is 11.8 Å². The minimum Gasteiger partial charge on any atom is -0.361 e. The lowest BCUT2D eigenvalue weighted by Crippen LogP contribution is -1.95. The van der Waals surface area contributed by atoms with Crippen LogP contribution in [-0.4, -0.2) is 10.1 Å². The van der Waals surface area contributed by atoms with Crippen molar-refractivity contribution in [3.05, 3.63) is 39.9 Å². The van der Waals surface area contributed by atoms with E-state index in [2.05, 4.69) is 16.2 Å². The molecule has 0 aliphatic rings. The van der Waals surface area contributed by atoms with Crippen LogP contribution >= 0.6 is 11.8 Å². The molecule has 0 saturated heterocycles. The van der Waals surface area contributed by atoms with Gasteiger partial charge in [-0.3, -0.25) is 0 Å².